The highest BCUT2D eigenvalue weighted by atomic mass is 15.3. The Morgan fingerprint density at radius 2 is 2.15 bits per heavy atom. The smallest absolute Gasteiger partial charge is 0.131 e. The second-order valence-electron chi connectivity index (χ2n) is 6.15. The molecule has 20 heavy (non-hydrogen) atoms. The van der Waals surface area contributed by atoms with E-state index in [1.165, 1.54) is 49.3 Å². The van der Waals surface area contributed by atoms with Gasteiger partial charge in [-0.15, -0.1) is 0 Å². The Kier molecular flexibility index (Phi) is 4.22. The van der Waals surface area contributed by atoms with Crippen LogP contribution in [0.3, 0.4) is 0 Å². The van der Waals surface area contributed by atoms with E-state index < -0.39 is 0 Å². The number of aryl methyl sites for hydroxylation is 1. The second-order valence-corrected chi connectivity index (χ2v) is 6.15. The van der Waals surface area contributed by atoms with E-state index in [0.717, 1.165) is 25.6 Å². The molecule has 1 aromatic rings. The summed E-state index contributed by atoms with van der Waals surface area (Å²) in [7, 11) is 0. The van der Waals surface area contributed by atoms with Crippen molar-refractivity contribution >= 4 is 5.82 Å². The first-order chi connectivity index (χ1) is 9.78. The zero-order chi connectivity index (χ0) is 13.9. The molecule has 2 aliphatic heterocycles. The Labute approximate surface area is 122 Å². The molecule has 0 bridgehead atoms. The number of rotatable bonds is 3. The highest BCUT2D eigenvalue weighted by Crippen LogP contribution is 2.26. The van der Waals surface area contributed by atoms with Crippen LogP contribution >= 0.6 is 0 Å². The third-order valence-electron chi connectivity index (χ3n) is 4.64. The molecule has 110 valence electrons. The fourth-order valence-corrected chi connectivity index (χ4v) is 3.66. The molecule has 3 rings (SSSR count). The number of fused-ring (bicyclic) bond motifs is 1. The van der Waals surface area contributed by atoms with Crippen molar-refractivity contribution in [1.29, 1.82) is 0 Å². The zero-order valence-electron chi connectivity index (χ0n) is 12.5. The molecule has 2 aliphatic rings. The van der Waals surface area contributed by atoms with Gasteiger partial charge in [0.25, 0.3) is 0 Å². The van der Waals surface area contributed by atoms with E-state index in [9.17, 15) is 0 Å². The minimum Gasteiger partial charge on any atom is -0.355 e. The largest absolute Gasteiger partial charge is 0.355 e. The first kappa shape index (κ1) is 13.8. The summed E-state index contributed by atoms with van der Waals surface area (Å²) in [6, 6.07) is 2.99. The van der Waals surface area contributed by atoms with Crippen molar-refractivity contribution in [3.05, 3.63) is 23.4 Å². The van der Waals surface area contributed by atoms with Crippen molar-refractivity contribution in [3.63, 3.8) is 0 Å². The minimum atomic E-state index is 0.696. The summed E-state index contributed by atoms with van der Waals surface area (Å²) in [6.45, 7) is 7.70. The van der Waals surface area contributed by atoms with Crippen LogP contribution in [0.25, 0.3) is 0 Å². The lowest BCUT2D eigenvalue weighted by molar-refractivity contribution is 0.273. The van der Waals surface area contributed by atoms with Crippen LogP contribution in [0.15, 0.2) is 12.3 Å². The molecule has 1 aromatic heterocycles. The van der Waals surface area contributed by atoms with Gasteiger partial charge >= 0.3 is 0 Å². The molecule has 2 fully saturated rings. The average molecular weight is 274 g/mol. The standard InChI is InChI=1S/C16H26N4/c1-13-10-14(5-6-17)11-18-16(13)20-9-3-8-19-7-2-4-15(19)12-20/h10-11,15H,2-9,12,17H2,1H3. The highest BCUT2D eigenvalue weighted by molar-refractivity contribution is 5.48. The lowest BCUT2D eigenvalue weighted by Gasteiger charge is -2.27. The topological polar surface area (TPSA) is 45.4 Å². The van der Waals surface area contributed by atoms with Gasteiger partial charge in [0, 0.05) is 31.9 Å². The quantitative estimate of drug-likeness (QED) is 0.909. The predicted molar refractivity (Wildman–Crippen MR) is 83.2 cm³/mol. The maximum Gasteiger partial charge on any atom is 0.131 e. The van der Waals surface area contributed by atoms with Crippen LogP contribution in [-0.4, -0.2) is 48.6 Å². The van der Waals surface area contributed by atoms with Crippen molar-refractivity contribution in [3.8, 4) is 0 Å². The van der Waals surface area contributed by atoms with Gasteiger partial charge in [-0.1, -0.05) is 6.07 Å². The van der Waals surface area contributed by atoms with Crippen LogP contribution < -0.4 is 10.6 Å². The number of pyridine rings is 1. The van der Waals surface area contributed by atoms with Gasteiger partial charge in [-0.05, 0) is 56.8 Å². The maximum atomic E-state index is 5.63. The number of hydrogen-bond acceptors (Lipinski definition) is 4. The van der Waals surface area contributed by atoms with Gasteiger partial charge < -0.3 is 10.6 Å². The summed E-state index contributed by atoms with van der Waals surface area (Å²) in [5, 5.41) is 0. The average Bonchev–Trinajstić information content (AvgIpc) is 2.77. The fraction of sp³-hybridized carbons (Fsp3) is 0.688. The van der Waals surface area contributed by atoms with E-state index in [1.54, 1.807) is 0 Å². The Morgan fingerprint density at radius 3 is 2.95 bits per heavy atom. The SMILES string of the molecule is Cc1cc(CCN)cnc1N1CCCN2CCCC2C1. The number of aromatic nitrogens is 1. The van der Waals surface area contributed by atoms with Gasteiger partial charge in [0.2, 0.25) is 0 Å². The van der Waals surface area contributed by atoms with Crippen molar-refractivity contribution in [2.75, 3.05) is 37.6 Å². The Hall–Kier alpha value is -1.13. The van der Waals surface area contributed by atoms with Gasteiger partial charge in [-0.25, -0.2) is 4.98 Å². The molecule has 2 N–H and O–H groups in total. The van der Waals surface area contributed by atoms with Crippen LogP contribution in [0.4, 0.5) is 5.82 Å². The zero-order valence-corrected chi connectivity index (χ0v) is 12.5. The molecule has 0 spiro atoms. The molecule has 1 atom stereocenters. The van der Waals surface area contributed by atoms with Crippen molar-refractivity contribution < 1.29 is 0 Å². The Balaban J connectivity index is 1.77. The van der Waals surface area contributed by atoms with E-state index >= 15 is 0 Å². The monoisotopic (exact) mass is 274 g/mol. The minimum absolute atomic E-state index is 0.696. The summed E-state index contributed by atoms with van der Waals surface area (Å²) in [5.74, 6) is 1.18. The summed E-state index contributed by atoms with van der Waals surface area (Å²) in [4.78, 5) is 9.89. The van der Waals surface area contributed by atoms with E-state index in [-0.39, 0.29) is 0 Å². The molecule has 3 heterocycles. The second kappa shape index (κ2) is 6.10. The third-order valence-corrected chi connectivity index (χ3v) is 4.64. The summed E-state index contributed by atoms with van der Waals surface area (Å²) >= 11 is 0. The van der Waals surface area contributed by atoms with Gasteiger partial charge in [0.05, 0.1) is 0 Å². The van der Waals surface area contributed by atoms with Crippen LogP contribution in [-0.2, 0) is 6.42 Å². The van der Waals surface area contributed by atoms with E-state index in [4.69, 9.17) is 10.7 Å². The molecule has 0 amide bonds. The maximum absolute atomic E-state index is 5.63. The van der Waals surface area contributed by atoms with Crippen LogP contribution in [0.1, 0.15) is 30.4 Å². The van der Waals surface area contributed by atoms with Crippen molar-refractivity contribution in [2.24, 2.45) is 5.73 Å². The molecule has 4 heteroatoms. The van der Waals surface area contributed by atoms with Gasteiger partial charge in [-0.2, -0.15) is 0 Å². The molecule has 0 aromatic carbocycles. The van der Waals surface area contributed by atoms with Gasteiger partial charge in [0.1, 0.15) is 5.82 Å². The van der Waals surface area contributed by atoms with E-state index in [2.05, 4.69) is 22.8 Å². The molecule has 0 aliphatic carbocycles. The summed E-state index contributed by atoms with van der Waals surface area (Å²) in [5.41, 5.74) is 8.18. The van der Waals surface area contributed by atoms with Gasteiger partial charge in [-0.3, -0.25) is 4.90 Å². The number of anilines is 1. The number of nitrogens with two attached hydrogens (primary N) is 1. The first-order valence-corrected chi connectivity index (χ1v) is 7.92. The third kappa shape index (κ3) is 2.81. The molecule has 0 saturated carbocycles. The Bertz CT molecular complexity index is 460. The Morgan fingerprint density at radius 1 is 1.30 bits per heavy atom. The molecule has 0 radical (unpaired) electrons. The predicted octanol–water partition coefficient (Wildman–Crippen LogP) is 1.57. The van der Waals surface area contributed by atoms with Gasteiger partial charge in [0.15, 0.2) is 0 Å². The van der Waals surface area contributed by atoms with E-state index in [0.29, 0.717) is 6.54 Å². The van der Waals surface area contributed by atoms with Crippen LogP contribution in [0, 0.1) is 6.92 Å². The lowest BCUT2D eigenvalue weighted by atomic mass is 10.1. The summed E-state index contributed by atoms with van der Waals surface area (Å²) < 4.78 is 0. The molecule has 4 nitrogen and oxygen atoms in total. The normalized spacial score (nSPS) is 23.7. The first-order valence-electron chi connectivity index (χ1n) is 7.92. The van der Waals surface area contributed by atoms with Crippen LogP contribution in [0.2, 0.25) is 0 Å². The molecular weight excluding hydrogens is 248 g/mol. The number of hydrogen-bond donors (Lipinski definition) is 1. The molecule has 2 saturated heterocycles. The van der Waals surface area contributed by atoms with Crippen molar-refractivity contribution in [1.82, 2.24) is 9.88 Å². The van der Waals surface area contributed by atoms with Crippen LogP contribution in [0.5, 0.6) is 0 Å². The molecular formula is C16H26N4. The lowest BCUT2D eigenvalue weighted by Crippen LogP contribution is -2.37. The van der Waals surface area contributed by atoms with E-state index in [1.807, 2.05) is 6.20 Å². The number of nitrogens with zero attached hydrogens (tertiary/aromatic N) is 3. The van der Waals surface area contributed by atoms with Crippen molar-refractivity contribution in [2.45, 2.75) is 38.6 Å². The molecule has 1 unspecified atom stereocenters. The highest BCUT2D eigenvalue weighted by Gasteiger charge is 2.29. The summed E-state index contributed by atoms with van der Waals surface area (Å²) in [6.07, 6.45) is 6.89. The fourth-order valence-electron chi connectivity index (χ4n) is 3.66.